The summed E-state index contributed by atoms with van der Waals surface area (Å²) in [7, 11) is 1.74. The highest BCUT2D eigenvalue weighted by Crippen LogP contribution is 2.58. The second-order valence-electron chi connectivity index (χ2n) is 11.7. The summed E-state index contributed by atoms with van der Waals surface area (Å²) >= 11 is 0. The van der Waals surface area contributed by atoms with Crippen molar-refractivity contribution in [1.82, 2.24) is 20.1 Å². The standard InChI is InChI=1S/C28H38N6O3/c1-28(11-12-28)24(19-4-3-5-19)25(32-26(35)21-10-13-30-33(21)2)27(36)31-20-8-9-23(29-16-20)34-14-15-37-22(17-34)18-6-7-18/h8-10,13,16,18-19,22,24-25H,3-7,11-12,14-15,17H2,1-2H3,(H,31,36)(H,32,35)/t22?,24?,25-/m0/s1. The number of carbonyl (C=O) groups excluding carboxylic acids is 2. The molecule has 9 heteroatoms. The molecule has 0 aromatic carbocycles. The van der Waals surface area contributed by atoms with Crippen LogP contribution in [-0.2, 0) is 16.6 Å². The first-order chi connectivity index (χ1) is 17.9. The summed E-state index contributed by atoms with van der Waals surface area (Å²) < 4.78 is 7.49. The van der Waals surface area contributed by atoms with Crippen molar-refractivity contribution in [2.24, 2.45) is 30.2 Å². The molecule has 0 spiro atoms. The fourth-order valence-electron chi connectivity index (χ4n) is 6.21. The number of nitrogens with one attached hydrogen (secondary N) is 2. The molecule has 2 unspecified atom stereocenters. The van der Waals surface area contributed by atoms with E-state index in [0.717, 1.165) is 51.2 Å². The third-order valence-corrected chi connectivity index (χ3v) is 9.06. The van der Waals surface area contributed by atoms with Crippen molar-refractivity contribution < 1.29 is 14.3 Å². The molecule has 2 aromatic heterocycles. The molecule has 37 heavy (non-hydrogen) atoms. The maximum Gasteiger partial charge on any atom is 0.270 e. The van der Waals surface area contributed by atoms with Gasteiger partial charge < -0.3 is 20.3 Å². The van der Waals surface area contributed by atoms with Crippen LogP contribution in [0, 0.1) is 23.2 Å². The first kappa shape index (κ1) is 24.4. The SMILES string of the molecule is Cn1nccc1C(=O)N[C@H](C(=O)Nc1ccc(N2CCOC(C3CC3)C2)nc1)C(C1CCC1)C1(C)CC1. The van der Waals surface area contributed by atoms with E-state index < -0.39 is 6.04 Å². The third-order valence-electron chi connectivity index (χ3n) is 9.06. The topological polar surface area (TPSA) is 101 Å². The number of morpholine rings is 1. The Morgan fingerprint density at radius 3 is 2.57 bits per heavy atom. The second-order valence-corrected chi connectivity index (χ2v) is 11.7. The number of aromatic nitrogens is 3. The van der Waals surface area contributed by atoms with Gasteiger partial charge in [0.2, 0.25) is 5.91 Å². The molecule has 3 saturated carbocycles. The fraction of sp³-hybridized carbons (Fsp3) is 0.643. The molecule has 4 fully saturated rings. The summed E-state index contributed by atoms with van der Waals surface area (Å²) in [4.78, 5) is 33.9. The van der Waals surface area contributed by atoms with E-state index in [2.05, 4.69) is 32.5 Å². The Balaban J connectivity index is 1.18. The number of carbonyl (C=O) groups is 2. The Bertz CT molecular complexity index is 1140. The molecule has 198 valence electrons. The van der Waals surface area contributed by atoms with E-state index >= 15 is 0 Å². The molecule has 1 saturated heterocycles. The highest BCUT2D eigenvalue weighted by molar-refractivity contribution is 6.00. The normalized spacial score (nSPS) is 24.6. The van der Waals surface area contributed by atoms with Crippen LogP contribution in [0.5, 0.6) is 0 Å². The van der Waals surface area contributed by atoms with E-state index in [9.17, 15) is 9.59 Å². The summed E-state index contributed by atoms with van der Waals surface area (Å²) in [5, 5.41) is 10.3. The zero-order valence-electron chi connectivity index (χ0n) is 21.9. The molecule has 4 aliphatic rings. The van der Waals surface area contributed by atoms with Crippen LogP contribution in [0.15, 0.2) is 30.6 Å². The van der Waals surface area contributed by atoms with Gasteiger partial charge in [-0.3, -0.25) is 14.3 Å². The molecule has 9 nitrogen and oxygen atoms in total. The van der Waals surface area contributed by atoms with Crippen molar-refractivity contribution in [2.75, 3.05) is 29.9 Å². The van der Waals surface area contributed by atoms with E-state index in [1.807, 2.05) is 12.1 Å². The molecular weight excluding hydrogens is 468 g/mol. The molecule has 3 atom stereocenters. The van der Waals surface area contributed by atoms with Crippen LogP contribution < -0.4 is 15.5 Å². The summed E-state index contributed by atoms with van der Waals surface area (Å²) in [6.45, 7) is 4.68. The second kappa shape index (κ2) is 9.74. The number of hydrogen-bond donors (Lipinski definition) is 2. The fourth-order valence-corrected chi connectivity index (χ4v) is 6.21. The minimum Gasteiger partial charge on any atom is -0.374 e. The number of aryl methyl sites for hydroxylation is 1. The molecule has 2 amide bonds. The van der Waals surface area contributed by atoms with Gasteiger partial charge in [0.25, 0.3) is 5.91 Å². The Morgan fingerprint density at radius 1 is 1.16 bits per heavy atom. The molecule has 0 bridgehead atoms. The van der Waals surface area contributed by atoms with Crippen molar-refractivity contribution >= 4 is 23.3 Å². The highest BCUT2D eigenvalue weighted by Gasteiger charge is 2.54. The van der Waals surface area contributed by atoms with Gasteiger partial charge in [-0.15, -0.1) is 0 Å². The lowest BCUT2D eigenvalue weighted by atomic mass is 9.66. The Hall–Kier alpha value is -2.94. The molecular formula is C28H38N6O3. The van der Waals surface area contributed by atoms with Crippen LogP contribution in [-0.4, -0.2) is 58.4 Å². The van der Waals surface area contributed by atoms with Gasteiger partial charge in [-0.2, -0.15) is 5.10 Å². The van der Waals surface area contributed by atoms with Crippen molar-refractivity contribution in [3.05, 3.63) is 36.3 Å². The number of rotatable bonds is 9. The molecule has 3 aliphatic carbocycles. The van der Waals surface area contributed by atoms with E-state index in [1.54, 1.807) is 30.2 Å². The van der Waals surface area contributed by atoms with Gasteiger partial charge in [-0.1, -0.05) is 26.2 Å². The van der Waals surface area contributed by atoms with Gasteiger partial charge in [0, 0.05) is 26.3 Å². The number of hydrogen-bond acceptors (Lipinski definition) is 6. The van der Waals surface area contributed by atoms with Gasteiger partial charge in [0.05, 0.1) is 24.6 Å². The molecule has 6 rings (SSSR count). The Morgan fingerprint density at radius 2 is 1.97 bits per heavy atom. The zero-order valence-corrected chi connectivity index (χ0v) is 21.9. The Kier molecular flexibility index (Phi) is 6.42. The predicted octanol–water partition coefficient (Wildman–Crippen LogP) is 3.38. The summed E-state index contributed by atoms with van der Waals surface area (Å²) in [6, 6.07) is 4.96. The van der Waals surface area contributed by atoms with Gasteiger partial charge in [0.15, 0.2) is 0 Å². The number of nitrogens with zero attached hydrogens (tertiary/aromatic N) is 4. The summed E-state index contributed by atoms with van der Waals surface area (Å²) in [5.74, 6) is 1.73. The van der Waals surface area contributed by atoms with E-state index in [0.29, 0.717) is 29.3 Å². The van der Waals surface area contributed by atoms with Crippen LogP contribution in [0.2, 0.25) is 0 Å². The number of amides is 2. The molecule has 0 radical (unpaired) electrons. The Labute approximate surface area is 218 Å². The maximum atomic E-state index is 13.8. The third kappa shape index (κ3) is 5.10. The van der Waals surface area contributed by atoms with Crippen molar-refractivity contribution in [3.8, 4) is 0 Å². The summed E-state index contributed by atoms with van der Waals surface area (Å²) in [5.41, 5.74) is 1.18. The van der Waals surface area contributed by atoms with E-state index in [1.165, 1.54) is 19.3 Å². The van der Waals surface area contributed by atoms with Gasteiger partial charge >= 0.3 is 0 Å². The van der Waals surface area contributed by atoms with E-state index in [-0.39, 0.29) is 23.1 Å². The van der Waals surface area contributed by atoms with Crippen molar-refractivity contribution in [3.63, 3.8) is 0 Å². The number of ether oxygens (including phenoxy) is 1. The van der Waals surface area contributed by atoms with Crippen LogP contribution in [0.25, 0.3) is 0 Å². The predicted molar refractivity (Wildman–Crippen MR) is 140 cm³/mol. The van der Waals surface area contributed by atoms with E-state index in [4.69, 9.17) is 4.74 Å². The number of pyridine rings is 1. The molecule has 2 N–H and O–H groups in total. The van der Waals surface area contributed by atoms with Crippen molar-refractivity contribution in [2.45, 2.75) is 64.0 Å². The van der Waals surface area contributed by atoms with Crippen LogP contribution in [0.4, 0.5) is 11.5 Å². The van der Waals surface area contributed by atoms with Crippen LogP contribution >= 0.6 is 0 Å². The summed E-state index contributed by atoms with van der Waals surface area (Å²) in [6.07, 6.45) is 11.8. The molecule has 3 heterocycles. The lowest BCUT2D eigenvalue weighted by Crippen LogP contribution is -2.54. The smallest absolute Gasteiger partial charge is 0.270 e. The van der Waals surface area contributed by atoms with Gasteiger partial charge in [0.1, 0.15) is 17.6 Å². The minimum atomic E-state index is -0.613. The van der Waals surface area contributed by atoms with Crippen molar-refractivity contribution in [1.29, 1.82) is 0 Å². The monoisotopic (exact) mass is 506 g/mol. The van der Waals surface area contributed by atoms with Crippen LogP contribution in [0.1, 0.15) is 62.4 Å². The van der Waals surface area contributed by atoms with Gasteiger partial charge in [-0.05, 0) is 67.1 Å². The maximum absolute atomic E-state index is 13.8. The average molecular weight is 507 g/mol. The molecule has 1 aliphatic heterocycles. The largest absolute Gasteiger partial charge is 0.374 e. The average Bonchev–Trinajstić information content (AvgIpc) is 3.80. The highest BCUT2D eigenvalue weighted by atomic mass is 16.5. The first-order valence-corrected chi connectivity index (χ1v) is 13.8. The minimum absolute atomic E-state index is 0.0867. The lowest BCUT2D eigenvalue weighted by Gasteiger charge is -2.42. The number of anilines is 2. The first-order valence-electron chi connectivity index (χ1n) is 13.8. The zero-order chi connectivity index (χ0) is 25.6. The lowest BCUT2D eigenvalue weighted by molar-refractivity contribution is -0.121. The quantitative estimate of drug-likeness (QED) is 0.541. The van der Waals surface area contributed by atoms with Crippen LogP contribution in [0.3, 0.4) is 0 Å². The molecule has 2 aromatic rings. The van der Waals surface area contributed by atoms with Gasteiger partial charge in [-0.25, -0.2) is 4.98 Å².